The zero-order chi connectivity index (χ0) is 18.4. The number of amides is 1. The Hall–Kier alpha value is -2.64. The van der Waals surface area contributed by atoms with Crippen LogP contribution in [0, 0.1) is 0 Å². The molecule has 0 saturated carbocycles. The Labute approximate surface area is 158 Å². The molecule has 2 aromatic rings. The first-order valence-electron chi connectivity index (χ1n) is 8.60. The van der Waals surface area contributed by atoms with Crippen LogP contribution in [0.25, 0.3) is 6.08 Å². The predicted octanol–water partition coefficient (Wildman–Crippen LogP) is 1.14. The number of carbonyl (C=O) groups is 1. The standard InChI is InChI=1S/C19H22N4O2S/c1-22-10-12-23(13-11-22)16-6-4-15(5-7-16)20-19(26)21-18(24)9-8-17-3-2-14-25-17/h2-9,14H,10-13H2,1H3,(H2,20,21,24,26)/p+1/b9-8+. The minimum atomic E-state index is -0.310. The third-order valence-corrected chi connectivity index (χ3v) is 4.49. The van der Waals surface area contributed by atoms with E-state index in [4.69, 9.17) is 16.6 Å². The number of quaternary nitrogens is 1. The number of hydrogen-bond acceptors (Lipinski definition) is 4. The summed E-state index contributed by atoms with van der Waals surface area (Å²) in [5.41, 5.74) is 2.05. The van der Waals surface area contributed by atoms with E-state index in [9.17, 15) is 4.79 Å². The van der Waals surface area contributed by atoms with Crippen LogP contribution in [0.3, 0.4) is 0 Å². The van der Waals surface area contributed by atoms with Gasteiger partial charge in [0.1, 0.15) is 5.76 Å². The van der Waals surface area contributed by atoms with Crippen LogP contribution in [0.4, 0.5) is 11.4 Å². The number of nitrogens with zero attached hydrogens (tertiary/aromatic N) is 1. The molecule has 6 nitrogen and oxygen atoms in total. The highest BCUT2D eigenvalue weighted by molar-refractivity contribution is 7.80. The van der Waals surface area contributed by atoms with Crippen LogP contribution >= 0.6 is 12.2 Å². The molecule has 3 rings (SSSR count). The van der Waals surface area contributed by atoms with Crippen molar-refractivity contribution in [2.45, 2.75) is 0 Å². The molecule has 1 aromatic carbocycles. The van der Waals surface area contributed by atoms with Crippen molar-refractivity contribution >= 4 is 40.7 Å². The van der Waals surface area contributed by atoms with Crippen LogP contribution in [0.1, 0.15) is 5.76 Å². The number of hydrogen-bond donors (Lipinski definition) is 3. The Kier molecular flexibility index (Phi) is 6.04. The molecular weight excluding hydrogens is 348 g/mol. The summed E-state index contributed by atoms with van der Waals surface area (Å²) in [5.74, 6) is 0.301. The summed E-state index contributed by atoms with van der Waals surface area (Å²) in [6.45, 7) is 4.44. The van der Waals surface area contributed by atoms with E-state index in [1.165, 1.54) is 11.8 Å². The van der Waals surface area contributed by atoms with Crippen LogP contribution in [0.15, 0.2) is 53.2 Å². The fourth-order valence-electron chi connectivity index (χ4n) is 2.76. The number of rotatable bonds is 4. The number of thiocarbonyl (C=S) groups is 1. The van der Waals surface area contributed by atoms with Gasteiger partial charge in [-0.25, -0.2) is 0 Å². The van der Waals surface area contributed by atoms with Crippen molar-refractivity contribution in [3.8, 4) is 0 Å². The third-order valence-electron chi connectivity index (χ3n) is 4.29. The van der Waals surface area contributed by atoms with Crippen LogP contribution < -0.4 is 20.4 Å². The number of nitrogens with one attached hydrogen (secondary N) is 3. The smallest absolute Gasteiger partial charge is 0.250 e. The van der Waals surface area contributed by atoms with Crippen LogP contribution in [0.2, 0.25) is 0 Å². The molecule has 0 atom stereocenters. The van der Waals surface area contributed by atoms with Crippen molar-refractivity contribution in [3.63, 3.8) is 0 Å². The number of anilines is 2. The summed E-state index contributed by atoms with van der Waals surface area (Å²) < 4.78 is 5.13. The van der Waals surface area contributed by atoms with Crippen molar-refractivity contribution in [2.24, 2.45) is 0 Å². The molecule has 0 radical (unpaired) electrons. The highest BCUT2D eigenvalue weighted by Crippen LogP contribution is 2.17. The molecule has 1 fully saturated rings. The van der Waals surface area contributed by atoms with Gasteiger partial charge in [0.15, 0.2) is 5.11 Å². The molecule has 0 unspecified atom stereocenters. The highest BCUT2D eigenvalue weighted by atomic mass is 32.1. The fourth-order valence-corrected chi connectivity index (χ4v) is 2.98. The van der Waals surface area contributed by atoms with E-state index in [2.05, 4.69) is 34.7 Å². The van der Waals surface area contributed by atoms with E-state index in [0.717, 1.165) is 31.9 Å². The molecule has 1 aromatic heterocycles. The summed E-state index contributed by atoms with van der Waals surface area (Å²) in [4.78, 5) is 15.8. The first-order chi connectivity index (χ1) is 12.6. The lowest BCUT2D eigenvalue weighted by Crippen LogP contribution is -3.12. The van der Waals surface area contributed by atoms with Gasteiger partial charge in [-0.15, -0.1) is 0 Å². The topological polar surface area (TPSA) is 62.0 Å². The number of benzene rings is 1. The Balaban J connectivity index is 1.49. The summed E-state index contributed by atoms with van der Waals surface area (Å²) in [6.07, 6.45) is 4.52. The largest absolute Gasteiger partial charge is 0.465 e. The zero-order valence-corrected chi connectivity index (χ0v) is 15.5. The minimum Gasteiger partial charge on any atom is -0.465 e. The molecule has 1 amide bonds. The van der Waals surface area contributed by atoms with Crippen LogP contribution in [-0.4, -0.2) is 44.2 Å². The molecule has 7 heteroatoms. The van der Waals surface area contributed by atoms with Gasteiger partial charge < -0.3 is 19.5 Å². The summed E-state index contributed by atoms with van der Waals surface area (Å²) in [6, 6.07) is 11.6. The van der Waals surface area contributed by atoms with Gasteiger partial charge >= 0.3 is 0 Å². The van der Waals surface area contributed by atoms with Gasteiger partial charge in [0, 0.05) is 17.5 Å². The molecule has 136 valence electrons. The lowest BCUT2D eigenvalue weighted by Gasteiger charge is -2.31. The van der Waals surface area contributed by atoms with Gasteiger partial charge in [-0.3, -0.25) is 10.1 Å². The van der Waals surface area contributed by atoms with E-state index in [1.54, 1.807) is 29.4 Å². The molecule has 1 aliphatic rings. The summed E-state index contributed by atoms with van der Waals surface area (Å²) >= 11 is 5.18. The third kappa shape index (κ3) is 5.18. The van der Waals surface area contributed by atoms with Crippen LogP contribution in [-0.2, 0) is 4.79 Å². The second-order valence-corrected chi connectivity index (χ2v) is 6.69. The average molecular weight is 371 g/mol. The lowest BCUT2D eigenvalue weighted by molar-refractivity contribution is -0.880. The van der Waals surface area contributed by atoms with E-state index >= 15 is 0 Å². The summed E-state index contributed by atoms with van der Waals surface area (Å²) in [5, 5.41) is 5.90. The quantitative estimate of drug-likeness (QED) is 0.556. The Morgan fingerprint density at radius 2 is 1.96 bits per heavy atom. The maximum Gasteiger partial charge on any atom is 0.250 e. The van der Waals surface area contributed by atoms with Crippen molar-refractivity contribution in [3.05, 3.63) is 54.5 Å². The van der Waals surface area contributed by atoms with E-state index in [1.807, 2.05) is 12.1 Å². The molecule has 3 N–H and O–H groups in total. The fraction of sp³-hybridized carbons (Fsp3) is 0.263. The molecular formula is C19H23N4O2S+. The molecule has 1 saturated heterocycles. The van der Waals surface area contributed by atoms with Gasteiger partial charge in [0.25, 0.3) is 0 Å². The number of likely N-dealkylation sites (N-methyl/N-ethyl adjacent to an activating group) is 1. The van der Waals surface area contributed by atoms with Gasteiger partial charge in [0.05, 0.1) is 39.5 Å². The molecule has 0 aliphatic carbocycles. The van der Waals surface area contributed by atoms with Crippen LogP contribution in [0.5, 0.6) is 0 Å². The molecule has 0 bridgehead atoms. The van der Waals surface area contributed by atoms with Gasteiger partial charge in [-0.05, 0) is 54.7 Å². The normalized spacial score (nSPS) is 15.2. The Bertz CT molecular complexity index is 763. The number of piperazine rings is 1. The van der Waals surface area contributed by atoms with E-state index in [-0.39, 0.29) is 11.0 Å². The maximum atomic E-state index is 11.9. The van der Waals surface area contributed by atoms with Crippen molar-refractivity contribution in [1.82, 2.24) is 5.32 Å². The first-order valence-corrected chi connectivity index (χ1v) is 9.01. The second-order valence-electron chi connectivity index (χ2n) is 6.28. The van der Waals surface area contributed by atoms with E-state index < -0.39 is 0 Å². The molecule has 26 heavy (non-hydrogen) atoms. The van der Waals surface area contributed by atoms with Crippen molar-refractivity contribution < 1.29 is 14.1 Å². The van der Waals surface area contributed by atoms with Gasteiger partial charge in [-0.2, -0.15) is 0 Å². The second kappa shape index (κ2) is 8.64. The minimum absolute atomic E-state index is 0.259. The molecule has 0 spiro atoms. The Morgan fingerprint density at radius 1 is 1.23 bits per heavy atom. The highest BCUT2D eigenvalue weighted by Gasteiger charge is 2.16. The Morgan fingerprint density at radius 3 is 2.62 bits per heavy atom. The zero-order valence-electron chi connectivity index (χ0n) is 14.7. The SMILES string of the molecule is C[NH+]1CCN(c2ccc(NC(=S)NC(=O)/C=C/c3ccco3)cc2)CC1. The maximum absolute atomic E-state index is 11.9. The lowest BCUT2D eigenvalue weighted by atomic mass is 10.2. The first kappa shape index (κ1) is 18.2. The van der Waals surface area contributed by atoms with E-state index in [0.29, 0.717) is 5.76 Å². The van der Waals surface area contributed by atoms with Gasteiger partial charge in [0.2, 0.25) is 5.91 Å². The van der Waals surface area contributed by atoms with Crippen molar-refractivity contribution in [2.75, 3.05) is 43.4 Å². The number of furan rings is 1. The average Bonchev–Trinajstić information content (AvgIpc) is 3.15. The number of carbonyl (C=O) groups excluding carboxylic acids is 1. The summed E-state index contributed by atoms with van der Waals surface area (Å²) in [7, 11) is 2.23. The molecule has 2 heterocycles. The predicted molar refractivity (Wildman–Crippen MR) is 107 cm³/mol. The molecule has 1 aliphatic heterocycles. The van der Waals surface area contributed by atoms with Crippen molar-refractivity contribution in [1.29, 1.82) is 0 Å². The van der Waals surface area contributed by atoms with Gasteiger partial charge in [-0.1, -0.05) is 0 Å². The monoisotopic (exact) mass is 371 g/mol.